The van der Waals surface area contributed by atoms with E-state index in [1.54, 1.807) is 20.3 Å². The molecule has 1 aliphatic rings. The Morgan fingerprint density at radius 3 is 2.56 bits per heavy atom. The van der Waals surface area contributed by atoms with Crippen molar-refractivity contribution in [3.63, 3.8) is 0 Å². The molecule has 0 aromatic heterocycles. The molecular weight excluding hydrogens is 338 g/mol. The van der Waals surface area contributed by atoms with Crippen LogP contribution in [-0.2, 0) is 9.53 Å². The molecule has 0 N–H and O–H groups in total. The highest BCUT2D eigenvalue weighted by Gasteiger charge is 2.34. The molecule has 2 aromatic carbocycles. The summed E-state index contributed by atoms with van der Waals surface area (Å²) in [6, 6.07) is 11.6. The molecule has 1 heterocycles. The van der Waals surface area contributed by atoms with Crippen LogP contribution in [-0.4, -0.2) is 43.4 Å². The molecule has 1 saturated heterocycles. The number of fused-ring (bicyclic) bond motifs is 1. The second kappa shape index (κ2) is 7.72. The first-order chi connectivity index (χ1) is 12.2. The van der Waals surface area contributed by atoms with Crippen molar-refractivity contribution in [2.24, 2.45) is 0 Å². The van der Waals surface area contributed by atoms with Crippen LogP contribution in [0.5, 0.6) is 5.75 Å². The third-order valence-corrected chi connectivity index (χ3v) is 4.94. The Bertz CT molecular complexity index is 846. The number of hydrogen-bond acceptors (Lipinski definition) is 5. The topological polar surface area (TPSA) is 55.8 Å². The molecular formula is C19H19NO4S. The monoisotopic (exact) mass is 357 g/mol. The van der Waals surface area contributed by atoms with Crippen molar-refractivity contribution in [3.8, 4) is 5.75 Å². The predicted molar refractivity (Wildman–Crippen MR) is 99.7 cm³/mol. The molecule has 0 saturated carbocycles. The molecule has 0 atom stereocenters. The first-order valence-corrected chi connectivity index (χ1v) is 8.77. The molecule has 1 fully saturated rings. The lowest BCUT2D eigenvalue weighted by Gasteiger charge is -2.11. The van der Waals surface area contributed by atoms with E-state index in [-0.39, 0.29) is 11.1 Å². The Labute approximate surface area is 150 Å². The van der Waals surface area contributed by atoms with E-state index in [0.717, 1.165) is 33.8 Å². The maximum atomic E-state index is 12.5. The lowest BCUT2D eigenvalue weighted by molar-refractivity contribution is -0.122. The van der Waals surface area contributed by atoms with E-state index in [2.05, 4.69) is 0 Å². The highest BCUT2D eigenvalue weighted by Crippen LogP contribution is 2.35. The Morgan fingerprint density at radius 2 is 1.84 bits per heavy atom. The Morgan fingerprint density at radius 1 is 1.08 bits per heavy atom. The van der Waals surface area contributed by atoms with Crippen LogP contribution in [0, 0.1) is 0 Å². The lowest BCUT2D eigenvalue weighted by Crippen LogP contribution is -2.29. The molecule has 25 heavy (non-hydrogen) atoms. The molecule has 0 radical (unpaired) electrons. The van der Waals surface area contributed by atoms with Crippen molar-refractivity contribution in [3.05, 3.63) is 46.9 Å². The first-order valence-electron chi connectivity index (χ1n) is 7.95. The van der Waals surface area contributed by atoms with Crippen molar-refractivity contribution in [2.45, 2.75) is 6.42 Å². The number of ether oxygens (including phenoxy) is 2. The number of carbonyl (C=O) groups excluding carboxylic acids is 2. The first kappa shape index (κ1) is 17.5. The summed E-state index contributed by atoms with van der Waals surface area (Å²) in [5, 5.41) is 1.72. The summed E-state index contributed by atoms with van der Waals surface area (Å²) in [6.45, 7) is 0.892. The van der Waals surface area contributed by atoms with Gasteiger partial charge in [0.05, 0.1) is 12.0 Å². The van der Waals surface area contributed by atoms with Gasteiger partial charge < -0.3 is 9.47 Å². The van der Waals surface area contributed by atoms with Crippen LogP contribution < -0.4 is 4.74 Å². The Hall–Kier alpha value is -2.31. The fourth-order valence-electron chi connectivity index (χ4n) is 2.80. The van der Waals surface area contributed by atoms with Crippen molar-refractivity contribution < 1.29 is 19.1 Å². The van der Waals surface area contributed by atoms with Gasteiger partial charge in [-0.2, -0.15) is 0 Å². The van der Waals surface area contributed by atoms with Crippen LogP contribution in [0.2, 0.25) is 0 Å². The minimum Gasteiger partial charge on any atom is -0.496 e. The normalized spacial score (nSPS) is 16.2. The third-order valence-electron chi connectivity index (χ3n) is 4.03. The van der Waals surface area contributed by atoms with Crippen LogP contribution in [0.25, 0.3) is 16.8 Å². The van der Waals surface area contributed by atoms with Gasteiger partial charge in [-0.05, 0) is 41.3 Å². The number of rotatable bonds is 6. The van der Waals surface area contributed by atoms with E-state index >= 15 is 0 Å². The van der Waals surface area contributed by atoms with Gasteiger partial charge in [-0.1, -0.05) is 30.3 Å². The van der Waals surface area contributed by atoms with Gasteiger partial charge in [-0.25, -0.2) is 0 Å². The number of hydrogen-bond donors (Lipinski definition) is 0. The number of thioether (sulfide) groups is 1. The van der Waals surface area contributed by atoms with Gasteiger partial charge in [0.25, 0.3) is 11.1 Å². The van der Waals surface area contributed by atoms with E-state index in [0.29, 0.717) is 24.5 Å². The Kier molecular flexibility index (Phi) is 5.40. The van der Waals surface area contributed by atoms with Gasteiger partial charge in [-0.15, -0.1) is 0 Å². The highest BCUT2D eigenvalue weighted by molar-refractivity contribution is 8.18. The summed E-state index contributed by atoms with van der Waals surface area (Å²) >= 11 is 0.980. The molecule has 130 valence electrons. The van der Waals surface area contributed by atoms with E-state index in [1.807, 2.05) is 36.4 Å². The molecule has 1 aliphatic heterocycles. The summed E-state index contributed by atoms with van der Waals surface area (Å²) in [5.41, 5.74) is 0.888. The largest absolute Gasteiger partial charge is 0.496 e. The van der Waals surface area contributed by atoms with E-state index in [1.165, 1.54) is 4.90 Å². The van der Waals surface area contributed by atoms with E-state index in [9.17, 15) is 9.59 Å². The van der Waals surface area contributed by atoms with Gasteiger partial charge in [0.1, 0.15) is 5.75 Å². The minimum atomic E-state index is -0.244. The van der Waals surface area contributed by atoms with Gasteiger partial charge >= 0.3 is 0 Å². The maximum Gasteiger partial charge on any atom is 0.293 e. The fraction of sp³-hybridized carbons (Fsp3) is 0.263. The van der Waals surface area contributed by atoms with Crippen molar-refractivity contribution in [1.82, 2.24) is 4.90 Å². The van der Waals surface area contributed by atoms with Crippen molar-refractivity contribution in [1.29, 1.82) is 0 Å². The highest BCUT2D eigenvalue weighted by atomic mass is 32.2. The number of nitrogens with zero attached hydrogens (tertiary/aromatic N) is 1. The second-order valence-electron chi connectivity index (χ2n) is 5.58. The van der Waals surface area contributed by atoms with Crippen LogP contribution >= 0.6 is 11.8 Å². The molecule has 5 nitrogen and oxygen atoms in total. The Balaban J connectivity index is 1.92. The quantitative estimate of drug-likeness (QED) is 0.579. The summed E-state index contributed by atoms with van der Waals surface area (Å²) in [5.74, 6) is 0.534. The zero-order valence-electron chi connectivity index (χ0n) is 14.2. The smallest absolute Gasteiger partial charge is 0.293 e. The molecule has 2 aromatic rings. The SMILES string of the molecule is COCCCN1C(=O)S/C(=C/c2ccc(OC)c3ccccc23)C1=O. The van der Waals surface area contributed by atoms with Crippen LogP contribution in [0.1, 0.15) is 12.0 Å². The van der Waals surface area contributed by atoms with Crippen LogP contribution in [0.15, 0.2) is 41.3 Å². The summed E-state index contributed by atoms with van der Waals surface area (Å²) in [6.07, 6.45) is 2.41. The number of carbonyl (C=O) groups is 2. The van der Waals surface area contributed by atoms with E-state index in [4.69, 9.17) is 9.47 Å². The summed E-state index contributed by atoms with van der Waals surface area (Å²) < 4.78 is 10.4. The molecule has 0 bridgehead atoms. The zero-order chi connectivity index (χ0) is 17.8. The van der Waals surface area contributed by atoms with Crippen LogP contribution in [0.3, 0.4) is 0 Å². The average molecular weight is 357 g/mol. The fourth-order valence-corrected chi connectivity index (χ4v) is 3.66. The van der Waals surface area contributed by atoms with Gasteiger partial charge in [0.15, 0.2) is 0 Å². The van der Waals surface area contributed by atoms with Gasteiger partial charge in [0.2, 0.25) is 0 Å². The number of methoxy groups -OCH3 is 2. The van der Waals surface area contributed by atoms with Crippen LogP contribution in [0.4, 0.5) is 4.79 Å². The molecule has 3 rings (SSSR count). The average Bonchev–Trinajstić information content (AvgIpc) is 2.89. The molecule has 0 unspecified atom stereocenters. The molecule has 0 spiro atoms. The third kappa shape index (κ3) is 3.55. The summed E-state index contributed by atoms with van der Waals surface area (Å²) in [7, 11) is 3.23. The summed E-state index contributed by atoms with van der Waals surface area (Å²) in [4.78, 5) is 26.4. The lowest BCUT2D eigenvalue weighted by atomic mass is 10.0. The van der Waals surface area contributed by atoms with Gasteiger partial charge in [-0.3, -0.25) is 14.5 Å². The predicted octanol–water partition coefficient (Wildman–Crippen LogP) is 3.92. The number of amides is 2. The van der Waals surface area contributed by atoms with E-state index < -0.39 is 0 Å². The molecule has 0 aliphatic carbocycles. The number of imide groups is 1. The minimum absolute atomic E-state index is 0.231. The second-order valence-corrected chi connectivity index (χ2v) is 6.58. The van der Waals surface area contributed by atoms with Crippen molar-refractivity contribution in [2.75, 3.05) is 27.4 Å². The number of benzene rings is 2. The standard InChI is InChI=1S/C19H19NO4S/c1-23-11-5-10-20-18(21)17(25-19(20)22)12-13-8-9-16(24-2)15-7-4-3-6-14(13)15/h3-4,6-9,12H,5,10-11H2,1-2H3/b17-12+. The zero-order valence-corrected chi connectivity index (χ0v) is 15.0. The maximum absolute atomic E-state index is 12.5. The van der Waals surface area contributed by atoms with Crippen molar-refractivity contribution >= 4 is 39.8 Å². The molecule has 6 heteroatoms. The molecule has 2 amide bonds. The van der Waals surface area contributed by atoms with Gasteiger partial charge in [0, 0.05) is 25.6 Å².